The maximum atomic E-state index is 14.6. The number of nitrogens with one attached hydrogen (secondary N) is 1. The number of benzene rings is 2. The van der Waals surface area contributed by atoms with Crippen molar-refractivity contribution in [1.82, 2.24) is 14.1 Å². The van der Waals surface area contributed by atoms with Crippen LogP contribution in [0.2, 0.25) is 0 Å². The van der Waals surface area contributed by atoms with Crippen molar-refractivity contribution in [3.05, 3.63) is 53.6 Å². The van der Waals surface area contributed by atoms with Gasteiger partial charge in [0.25, 0.3) is 5.91 Å². The molecular formula is C21H25F2N3O5S2. The molecule has 2 N–H and O–H groups in total. The number of aryl methyl sites for hydroxylation is 1. The lowest BCUT2D eigenvalue weighted by atomic mass is 10.2. The average molecular weight is 502 g/mol. The Kier molecular flexibility index (Phi) is 11.8. The topological polar surface area (TPSA) is 99.2 Å². The highest BCUT2D eigenvalue weighted by Crippen LogP contribution is 2.30. The molecule has 1 amide bonds. The number of ether oxygens (including phenoxy) is 1. The van der Waals surface area contributed by atoms with E-state index in [0.717, 1.165) is 22.0 Å². The lowest BCUT2D eigenvalue weighted by Gasteiger charge is -2.23. The largest absolute Gasteiger partial charge is 0.451 e. The maximum Gasteiger partial charge on any atom is 0.258 e. The molecule has 0 fully saturated rings. The first kappa shape index (κ1) is 28.3. The Bertz CT molecular complexity index is 996. The van der Waals surface area contributed by atoms with Crippen LogP contribution in [0.1, 0.15) is 5.56 Å². The number of halogens is 2. The molecule has 0 spiro atoms. The number of amides is 1. The predicted octanol–water partition coefficient (Wildman–Crippen LogP) is 2.37. The van der Waals surface area contributed by atoms with Crippen LogP contribution in [0.5, 0.6) is 11.5 Å². The summed E-state index contributed by atoms with van der Waals surface area (Å²) in [7, 11) is -1.90. The van der Waals surface area contributed by atoms with E-state index in [-0.39, 0.29) is 23.7 Å². The molecule has 2 rings (SSSR count). The van der Waals surface area contributed by atoms with Gasteiger partial charge in [-0.05, 0) is 38.2 Å². The van der Waals surface area contributed by atoms with Gasteiger partial charge in [0.1, 0.15) is 16.7 Å². The van der Waals surface area contributed by atoms with Crippen LogP contribution >= 0.6 is 0 Å². The zero-order valence-electron chi connectivity index (χ0n) is 18.3. The summed E-state index contributed by atoms with van der Waals surface area (Å²) in [5, 5.41) is 8.76. The van der Waals surface area contributed by atoms with Crippen LogP contribution in [-0.4, -0.2) is 61.1 Å². The summed E-state index contributed by atoms with van der Waals surface area (Å²) in [6, 6.07) is 8.27. The fraction of sp³-hybridized carbons (Fsp3) is 0.286. The second-order valence-electron chi connectivity index (χ2n) is 6.55. The molecule has 2 aromatic carbocycles. The number of hydroxylamine groups is 1. The molecular weight excluding hydrogens is 476 g/mol. The quantitative estimate of drug-likeness (QED) is 0.296. The van der Waals surface area contributed by atoms with E-state index >= 15 is 0 Å². The second-order valence-corrected chi connectivity index (χ2v) is 9.51. The van der Waals surface area contributed by atoms with Crippen LogP contribution in [0.3, 0.4) is 0 Å². The fourth-order valence-electron chi connectivity index (χ4n) is 2.41. The summed E-state index contributed by atoms with van der Waals surface area (Å²) in [4.78, 5) is 11.3. The monoisotopic (exact) mass is 501 g/mol. The lowest BCUT2D eigenvalue weighted by Crippen LogP contribution is -2.41. The highest BCUT2D eigenvalue weighted by molar-refractivity contribution is 7.82. The van der Waals surface area contributed by atoms with Gasteiger partial charge in [0.2, 0.25) is 0 Å². The van der Waals surface area contributed by atoms with Crippen molar-refractivity contribution in [1.29, 1.82) is 0 Å². The van der Waals surface area contributed by atoms with Crippen molar-refractivity contribution in [3.8, 4) is 24.3 Å². The molecule has 0 saturated carbocycles. The van der Waals surface area contributed by atoms with Gasteiger partial charge in [-0.2, -0.15) is 0 Å². The standard InChI is InChI=1S/C19H23F2N3O5S2.C2H2/c1-13-4-6-14(7-5-13)29-19-16(20)10-15(11-17(19)21)31(28)24(12-18(25)22-26)9-8-23(2)30(3)27;1-2/h4-7,10-11,26H,8-9,12H2,1-3H3,(H,22,25);1-2H. The number of rotatable bonds is 10. The van der Waals surface area contributed by atoms with E-state index in [1.165, 1.54) is 16.0 Å². The van der Waals surface area contributed by atoms with E-state index in [4.69, 9.17) is 9.94 Å². The van der Waals surface area contributed by atoms with Crippen LogP contribution in [-0.2, 0) is 26.8 Å². The van der Waals surface area contributed by atoms with E-state index in [2.05, 4.69) is 12.8 Å². The normalized spacial score (nSPS) is 12.5. The molecule has 2 atom stereocenters. The lowest BCUT2D eigenvalue weighted by molar-refractivity contribution is -0.129. The summed E-state index contributed by atoms with van der Waals surface area (Å²) in [6.45, 7) is 1.46. The molecule has 0 aliphatic carbocycles. The first-order valence-electron chi connectivity index (χ1n) is 9.33. The van der Waals surface area contributed by atoms with Crippen molar-refractivity contribution in [2.24, 2.45) is 0 Å². The van der Waals surface area contributed by atoms with Crippen molar-refractivity contribution < 1.29 is 31.9 Å². The van der Waals surface area contributed by atoms with Gasteiger partial charge < -0.3 is 4.74 Å². The van der Waals surface area contributed by atoms with E-state index < -0.39 is 51.8 Å². The molecule has 180 valence electrons. The maximum absolute atomic E-state index is 14.6. The molecule has 0 aliphatic heterocycles. The molecule has 8 nitrogen and oxygen atoms in total. The molecule has 0 heterocycles. The van der Waals surface area contributed by atoms with Crippen LogP contribution < -0.4 is 10.2 Å². The Hall–Kier alpha value is -2.69. The van der Waals surface area contributed by atoms with Gasteiger partial charge in [-0.25, -0.2) is 31.3 Å². The SMILES string of the molecule is C#C.Cc1ccc(Oc2c(F)cc(S(=O)N(CCN(C)S(C)=O)CC(=O)NO)cc2F)cc1. The third kappa shape index (κ3) is 8.64. The first-order valence-corrected chi connectivity index (χ1v) is 12.0. The van der Waals surface area contributed by atoms with Crippen molar-refractivity contribution in [2.75, 3.05) is 32.9 Å². The van der Waals surface area contributed by atoms with Crippen LogP contribution in [0.25, 0.3) is 0 Å². The predicted molar refractivity (Wildman–Crippen MR) is 122 cm³/mol. The van der Waals surface area contributed by atoms with Gasteiger partial charge in [-0.3, -0.25) is 10.0 Å². The molecule has 2 unspecified atom stereocenters. The number of hydrogen-bond donors (Lipinski definition) is 2. The molecule has 33 heavy (non-hydrogen) atoms. The molecule has 0 bridgehead atoms. The number of likely N-dealkylation sites (N-methyl/N-ethyl adjacent to an activating group) is 1. The summed E-state index contributed by atoms with van der Waals surface area (Å²) in [5.41, 5.74) is 2.37. The van der Waals surface area contributed by atoms with Gasteiger partial charge in [0.15, 0.2) is 17.4 Å². The molecule has 2 aromatic rings. The Morgan fingerprint density at radius 3 is 2.15 bits per heavy atom. The van der Waals surface area contributed by atoms with Gasteiger partial charge in [0, 0.05) is 19.3 Å². The van der Waals surface area contributed by atoms with E-state index in [9.17, 15) is 22.0 Å². The smallest absolute Gasteiger partial charge is 0.258 e. The summed E-state index contributed by atoms with van der Waals surface area (Å²) in [6.07, 6.45) is 9.44. The molecule has 0 radical (unpaired) electrons. The second kappa shape index (κ2) is 13.8. The fourth-order valence-corrected chi connectivity index (χ4v) is 3.93. The minimum atomic E-state index is -2.15. The highest BCUT2D eigenvalue weighted by atomic mass is 32.2. The molecule has 0 aliphatic rings. The Labute approximate surface area is 196 Å². The highest BCUT2D eigenvalue weighted by Gasteiger charge is 2.23. The van der Waals surface area contributed by atoms with Crippen LogP contribution in [0.4, 0.5) is 8.78 Å². The number of hydrogen-bond acceptors (Lipinski definition) is 5. The van der Waals surface area contributed by atoms with E-state index in [0.29, 0.717) is 0 Å². The van der Waals surface area contributed by atoms with Crippen molar-refractivity contribution in [3.63, 3.8) is 0 Å². The minimum Gasteiger partial charge on any atom is -0.451 e. The summed E-state index contributed by atoms with van der Waals surface area (Å²) < 4.78 is 61.3. The third-order valence-corrected chi connectivity index (χ3v) is 6.68. The Morgan fingerprint density at radius 1 is 1.12 bits per heavy atom. The van der Waals surface area contributed by atoms with Crippen molar-refractivity contribution in [2.45, 2.75) is 11.8 Å². The molecule has 0 saturated heterocycles. The summed E-state index contributed by atoms with van der Waals surface area (Å²) in [5.74, 6) is -3.42. The van der Waals surface area contributed by atoms with Gasteiger partial charge in [0.05, 0.1) is 22.4 Å². The Morgan fingerprint density at radius 2 is 1.67 bits per heavy atom. The number of carbonyl (C=O) groups excluding carboxylic acids is 1. The Balaban J connectivity index is 0.00000265. The van der Waals surface area contributed by atoms with Crippen molar-refractivity contribution >= 4 is 27.9 Å². The molecule has 0 aromatic heterocycles. The number of nitrogens with zero attached hydrogens (tertiary/aromatic N) is 2. The first-order chi connectivity index (χ1) is 15.6. The van der Waals surface area contributed by atoms with Gasteiger partial charge >= 0.3 is 0 Å². The van der Waals surface area contributed by atoms with E-state index in [1.807, 2.05) is 6.92 Å². The number of terminal acetylenes is 1. The van der Waals surface area contributed by atoms with Crippen LogP contribution in [0, 0.1) is 31.4 Å². The number of carbonyl (C=O) groups is 1. The third-order valence-electron chi connectivity index (χ3n) is 4.20. The zero-order chi connectivity index (χ0) is 25.1. The van der Waals surface area contributed by atoms with Crippen LogP contribution in [0.15, 0.2) is 41.3 Å². The minimum absolute atomic E-state index is 0.0268. The molecule has 12 heteroatoms. The van der Waals surface area contributed by atoms with E-state index in [1.54, 1.807) is 31.3 Å². The van der Waals surface area contributed by atoms with Gasteiger partial charge in [-0.15, -0.1) is 12.8 Å². The van der Waals surface area contributed by atoms with Gasteiger partial charge in [-0.1, -0.05) is 17.7 Å². The average Bonchev–Trinajstić information content (AvgIpc) is 2.80. The summed E-state index contributed by atoms with van der Waals surface area (Å²) >= 11 is 0. The zero-order valence-corrected chi connectivity index (χ0v) is 19.9.